The van der Waals surface area contributed by atoms with Crippen LogP contribution in [0.15, 0.2) is 42.5 Å². The summed E-state index contributed by atoms with van der Waals surface area (Å²) in [5, 5.41) is 3.49. The van der Waals surface area contributed by atoms with Crippen molar-refractivity contribution in [3.8, 4) is 0 Å². The van der Waals surface area contributed by atoms with Crippen molar-refractivity contribution in [2.75, 3.05) is 48.3 Å². The van der Waals surface area contributed by atoms with Crippen molar-refractivity contribution in [2.24, 2.45) is 0 Å². The number of urea groups is 1. The van der Waals surface area contributed by atoms with E-state index in [1.807, 2.05) is 30.1 Å². The zero-order valence-electron chi connectivity index (χ0n) is 15.1. The molecule has 1 saturated heterocycles. The summed E-state index contributed by atoms with van der Waals surface area (Å²) in [6.45, 7) is 2.79. The number of halogens is 1. The lowest BCUT2D eigenvalue weighted by Gasteiger charge is -2.36. The molecule has 6 nitrogen and oxygen atoms in total. The van der Waals surface area contributed by atoms with Gasteiger partial charge in [0.15, 0.2) is 0 Å². The molecular weight excluding hydrogens is 364 g/mol. The predicted octanol–water partition coefficient (Wildman–Crippen LogP) is 3.21. The van der Waals surface area contributed by atoms with E-state index in [2.05, 4.69) is 22.3 Å². The van der Waals surface area contributed by atoms with Gasteiger partial charge >= 0.3 is 6.03 Å². The zero-order chi connectivity index (χ0) is 19.0. The van der Waals surface area contributed by atoms with Crippen LogP contribution in [0, 0.1) is 0 Å². The van der Waals surface area contributed by atoms with Crippen LogP contribution in [0.1, 0.15) is 5.56 Å². The highest BCUT2D eigenvalue weighted by Gasteiger charge is 2.26. The van der Waals surface area contributed by atoms with Crippen molar-refractivity contribution in [3.63, 3.8) is 0 Å². The molecule has 0 atom stereocenters. The van der Waals surface area contributed by atoms with Gasteiger partial charge in [-0.1, -0.05) is 17.7 Å². The van der Waals surface area contributed by atoms with E-state index in [1.54, 1.807) is 17.0 Å². The number of benzene rings is 2. The first kappa shape index (κ1) is 17.7. The first-order valence-corrected chi connectivity index (χ1v) is 9.35. The summed E-state index contributed by atoms with van der Waals surface area (Å²) in [5.41, 5.74) is 3.86. The van der Waals surface area contributed by atoms with Gasteiger partial charge in [-0.3, -0.25) is 4.79 Å². The summed E-state index contributed by atoms with van der Waals surface area (Å²) < 4.78 is 0. The fourth-order valence-corrected chi connectivity index (χ4v) is 3.78. The minimum atomic E-state index is -0.113. The molecule has 4 rings (SSSR count). The molecule has 0 spiro atoms. The minimum absolute atomic E-state index is 0.113. The Morgan fingerprint density at radius 1 is 1.07 bits per heavy atom. The van der Waals surface area contributed by atoms with Gasteiger partial charge < -0.3 is 20.0 Å². The van der Waals surface area contributed by atoms with E-state index in [-0.39, 0.29) is 11.9 Å². The molecule has 140 valence electrons. The van der Waals surface area contributed by atoms with Gasteiger partial charge in [0.2, 0.25) is 5.91 Å². The van der Waals surface area contributed by atoms with Crippen molar-refractivity contribution in [1.29, 1.82) is 0 Å². The Labute approximate surface area is 163 Å². The Bertz CT molecular complexity index is 893. The van der Waals surface area contributed by atoms with Gasteiger partial charge in [0.05, 0.1) is 6.42 Å². The summed E-state index contributed by atoms with van der Waals surface area (Å²) >= 11 is 5.96. The normalized spacial score (nSPS) is 16.5. The summed E-state index contributed by atoms with van der Waals surface area (Å²) in [7, 11) is 1.81. The summed E-state index contributed by atoms with van der Waals surface area (Å²) in [6.07, 6.45) is 0.460. The number of anilines is 3. The molecule has 2 aliphatic rings. The first-order chi connectivity index (χ1) is 13.0. The maximum absolute atomic E-state index is 12.5. The fraction of sp³-hybridized carbons (Fsp3) is 0.300. The number of nitrogens with one attached hydrogen (secondary N) is 1. The molecule has 0 unspecified atom stereocenters. The molecule has 0 aromatic heterocycles. The van der Waals surface area contributed by atoms with Crippen LogP contribution >= 0.6 is 11.6 Å². The number of piperazine rings is 1. The lowest BCUT2D eigenvalue weighted by atomic mass is 10.1. The number of carbonyl (C=O) groups is 2. The standard InChI is InChI=1S/C20H21ClN4O2/c1-23-18-6-5-17(11-14(18)12-19(23)26)24-7-9-25(10-8-24)20(27)22-16-4-2-3-15(21)13-16/h2-6,11,13H,7-10,12H2,1H3,(H,22,27). The minimum Gasteiger partial charge on any atom is -0.368 e. The maximum atomic E-state index is 12.5. The van der Waals surface area contributed by atoms with E-state index in [9.17, 15) is 9.59 Å². The first-order valence-electron chi connectivity index (χ1n) is 8.97. The molecule has 2 aliphatic heterocycles. The maximum Gasteiger partial charge on any atom is 0.321 e. The number of nitrogens with zero attached hydrogens (tertiary/aromatic N) is 3. The average Bonchev–Trinajstić information content (AvgIpc) is 2.95. The molecule has 27 heavy (non-hydrogen) atoms. The summed E-state index contributed by atoms with van der Waals surface area (Å²) in [4.78, 5) is 30.1. The van der Waals surface area contributed by atoms with E-state index in [0.717, 1.165) is 30.0 Å². The van der Waals surface area contributed by atoms with Gasteiger partial charge in [-0.15, -0.1) is 0 Å². The number of likely N-dealkylation sites (N-methyl/N-ethyl adjacent to an activating group) is 1. The zero-order valence-corrected chi connectivity index (χ0v) is 15.9. The van der Waals surface area contributed by atoms with Crippen LogP contribution < -0.4 is 15.1 Å². The van der Waals surface area contributed by atoms with Crippen LogP contribution in [0.4, 0.5) is 21.9 Å². The monoisotopic (exact) mass is 384 g/mol. The Kier molecular flexibility index (Phi) is 4.66. The third kappa shape index (κ3) is 3.57. The number of rotatable bonds is 2. The van der Waals surface area contributed by atoms with Crippen molar-refractivity contribution >= 4 is 40.6 Å². The Morgan fingerprint density at radius 2 is 1.85 bits per heavy atom. The summed E-state index contributed by atoms with van der Waals surface area (Å²) in [5.74, 6) is 0.129. The lowest BCUT2D eigenvalue weighted by Crippen LogP contribution is -2.50. The van der Waals surface area contributed by atoms with Gasteiger partial charge in [-0.2, -0.15) is 0 Å². The SMILES string of the molecule is CN1C(=O)Cc2cc(N3CCN(C(=O)Nc4cccc(Cl)c4)CC3)ccc21. The van der Waals surface area contributed by atoms with E-state index < -0.39 is 0 Å². The number of hydrogen-bond acceptors (Lipinski definition) is 3. The largest absolute Gasteiger partial charge is 0.368 e. The van der Waals surface area contributed by atoms with Gasteiger partial charge in [0.1, 0.15) is 0 Å². The van der Waals surface area contributed by atoms with Crippen LogP contribution in [-0.2, 0) is 11.2 Å². The highest BCUT2D eigenvalue weighted by molar-refractivity contribution is 6.30. The van der Waals surface area contributed by atoms with E-state index >= 15 is 0 Å². The molecule has 3 amide bonds. The van der Waals surface area contributed by atoms with E-state index in [4.69, 9.17) is 11.6 Å². The Balaban J connectivity index is 1.37. The van der Waals surface area contributed by atoms with Gasteiger partial charge in [0, 0.05) is 55.3 Å². The number of hydrogen-bond donors (Lipinski definition) is 1. The van der Waals surface area contributed by atoms with Crippen molar-refractivity contribution in [1.82, 2.24) is 4.90 Å². The van der Waals surface area contributed by atoms with Gasteiger partial charge in [-0.25, -0.2) is 4.79 Å². The molecule has 7 heteroatoms. The second kappa shape index (κ2) is 7.12. The molecule has 2 aromatic rings. The lowest BCUT2D eigenvalue weighted by molar-refractivity contribution is -0.117. The molecule has 0 aliphatic carbocycles. The summed E-state index contributed by atoms with van der Waals surface area (Å²) in [6, 6.07) is 13.2. The van der Waals surface area contributed by atoms with Gasteiger partial charge in [0.25, 0.3) is 0 Å². The van der Waals surface area contributed by atoms with Crippen LogP contribution in [0.5, 0.6) is 0 Å². The average molecular weight is 385 g/mol. The van der Waals surface area contributed by atoms with Crippen LogP contribution in [0.3, 0.4) is 0 Å². The quantitative estimate of drug-likeness (QED) is 0.865. The Morgan fingerprint density at radius 3 is 2.59 bits per heavy atom. The van der Waals surface area contributed by atoms with Crippen LogP contribution in [0.2, 0.25) is 5.02 Å². The topological polar surface area (TPSA) is 55.9 Å². The van der Waals surface area contributed by atoms with Crippen molar-refractivity contribution in [3.05, 3.63) is 53.1 Å². The molecule has 2 aromatic carbocycles. The highest BCUT2D eigenvalue weighted by Crippen LogP contribution is 2.31. The van der Waals surface area contributed by atoms with Crippen molar-refractivity contribution < 1.29 is 9.59 Å². The number of fused-ring (bicyclic) bond motifs is 1. The predicted molar refractivity (Wildman–Crippen MR) is 108 cm³/mol. The fourth-order valence-electron chi connectivity index (χ4n) is 3.59. The number of amides is 3. The van der Waals surface area contributed by atoms with Gasteiger partial charge in [-0.05, 0) is 42.0 Å². The second-order valence-electron chi connectivity index (χ2n) is 6.86. The smallest absolute Gasteiger partial charge is 0.321 e. The highest BCUT2D eigenvalue weighted by atomic mass is 35.5. The van der Waals surface area contributed by atoms with E-state index in [0.29, 0.717) is 30.2 Å². The third-order valence-corrected chi connectivity index (χ3v) is 5.38. The molecular formula is C20H21ClN4O2. The van der Waals surface area contributed by atoms with Crippen molar-refractivity contribution in [2.45, 2.75) is 6.42 Å². The van der Waals surface area contributed by atoms with Crippen LogP contribution in [0.25, 0.3) is 0 Å². The molecule has 1 N–H and O–H groups in total. The molecule has 2 heterocycles. The van der Waals surface area contributed by atoms with E-state index in [1.165, 1.54) is 0 Å². The molecule has 1 fully saturated rings. The molecule has 0 radical (unpaired) electrons. The molecule has 0 bridgehead atoms. The van der Waals surface area contributed by atoms with Crippen LogP contribution in [-0.4, -0.2) is 50.1 Å². The second-order valence-corrected chi connectivity index (χ2v) is 7.29. The Hall–Kier alpha value is -2.73. The number of carbonyl (C=O) groups excluding carboxylic acids is 2. The third-order valence-electron chi connectivity index (χ3n) is 5.15. The molecule has 0 saturated carbocycles.